The van der Waals surface area contributed by atoms with E-state index in [1.54, 1.807) is 0 Å². The largest absolute Gasteiger partial charge is 0.509 e. The molecule has 0 heterocycles. The fraction of sp³-hybridized carbons (Fsp3) is 0.889. The van der Waals surface area contributed by atoms with Gasteiger partial charge in [0.1, 0.15) is 13.2 Å². The van der Waals surface area contributed by atoms with Gasteiger partial charge in [-0.05, 0) is 0 Å². The standard InChI is InChI=1S/C9H7F11O4/c10-6(11,9(18,19)20)3-22-1-2-23-5(21)24-4(7(12,13)14)8(15,16)17/h4H,1-3H2. The average molecular weight is 388 g/mol. The lowest BCUT2D eigenvalue weighted by atomic mass is 10.3. The van der Waals surface area contributed by atoms with E-state index in [9.17, 15) is 53.1 Å². The number of hydrogen-bond donors (Lipinski definition) is 0. The van der Waals surface area contributed by atoms with E-state index < -0.39 is 56.5 Å². The number of carbonyl (C=O) groups is 1. The zero-order valence-corrected chi connectivity index (χ0v) is 11.0. The number of carbonyl (C=O) groups excluding carboxylic acids is 1. The van der Waals surface area contributed by atoms with E-state index in [-0.39, 0.29) is 0 Å². The Kier molecular flexibility index (Phi) is 7.08. The predicted molar refractivity (Wildman–Crippen MR) is 50.2 cm³/mol. The SMILES string of the molecule is O=C(OCCOCC(F)(F)C(F)(F)F)OC(C(F)(F)F)C(F)(F)F. The van der Waals surface area contributed by atoms with Gasteiger partial charge in [-0.2, -0.15) is 48.3 Å². The van der Waals surface area contributed by atoms with E-state index in [1.807, 2.05) is 0 Å². The maximum Gasteiger partial charge on any atom is 0.509 e. The molecule has 0 aromatic heterocycles. The van der Waals surface area contributed by atoms with Gasteiger partial charge in [-0.3, -0.25) is 0 Å². The minimum absolute atomic E-state index is 1.16. The Morgan fingerprint density at radius 3 is 1.62 bits per heavy atom. The lowest BCUT2D eigenvalue weighted by molar-refractivity contribution is -0.310. The van der Waals surface area contributed by atoms with Crippen LogP contribution in [0.3, 0.4) is 0 Å². The second-order valence-electron chi connectivity index (χ2n) is 3.93. The highest BCUT2D eigenvalue weighted by atomic mass is 19.4. The molecule has 15 heteroatoms. The molecule has 0 aromatic carbocycles. The molecule has 0 spiro atoms. The Labute approximate surface area is 125 Å². The van der Waals surface area contributed by atoms with Crippen molar-refractivity contribution in [2.75, 3.05) is 19.8 Å². The van der Waals surface area contributed by atoms with Crippen LogP contribution in [0.5, 0.6) is 0 Å². The molecule has 0 aliphatic carbocycles. The Morgan fingerprint density at radius 2 is 1.25 bits per heavy atom. The Bertz CT molecular complexity index is 397. The molecule has 0 aromatic rings. The van der Waals surface area contributed by atoms with Crippen molar-refractivity contribution in [3.8, 4) is 0 Å². The van der Waals surface area contributed by atoms with Crippen LogP contribution in [-0.4, -0.2) is 56.5 Å². The van der Waals surface area contributed by atoms with Gasteiger partial charge in [0.25, 0.3) is 6.10 Å². The summed E-state index contributed by atoms with van der Waals surface area (Å²) < 4.78 is 142. The lowest BCUT2D eigenvalue weighted by Crippen LogP contribution is -2.45. The van der Waals surface area contributed by atoms with E-state index in [4.69, 9.17) is 0 Å². The van der Waals surface area contributed by atoms with Gasteiger partial charge in [-0.15, -0.1) is 0 Å². The first kappa shape index (κ1) is 22.5. The van der Waals surface area contributed by atoms with Crippen molar-refractivity contribution in [2.24, 2.45) is 0 Å². The highest BCUT2D eigenvalue weighted by Gasteiger charge is 2.60. The summed E-state index contributed by atoms with van der Waals surface area (Å²) >= 11 is 0. The third-order valence-electron chi connectivity index (χ3n) is 1.95. The molecule has 0 aliphatic rings. The van der Waals surface area contributed by atoms with Gasteiger partial charge < -0.3 is 14.2 Å². The normalized spacial score (nSPS) is 14.0. The monoisotopic (exact) mass is 388 g/mol. The molecular weight excluding hydrogens is 381 g/mol. The molecular formula is C9H7F11O4. The molecule has 0 radical (unpaired) electrons. The van der Waals surface area contributed by atoms with E-state index in [0.29, 0.717) is 0 Å². The zero-order chi connectivity index (χ0) is 19.4. The maximum absolute atomic E-state index is 12.3. The van der Waals surface area contributed by atoms with Crippen LogP contribution in [0.1, 0.15) is 0 Å². The fourth-order valence-electron chi connectivity index (χ4n) is 0.916. The summed E-state index contributed by atoms with van der Waals surface area (Å²) in [5.41, 5.74) is 0. The molecule has 4 nitrogen and oxygen atoms in total. The topological polar surface area (TPSA) is 44.8 Å². The molecule has 0 fully saturated rings. The Morgan fingerprint density at radius 1 is 0.792 bits per heavy atom. The van der Waals surface area contributed by atoms with Crippen LogP contribution < -0.4 is 0 Å². The average Bonchev–Trinajstić information content (AvgIpc) is 2.31. The summed E-state index contributed by atoms with van der Waals surface area (Å²) in [5.74, 6) is -5.24. The summed E-state index contributed by atoms with van der Waals surface area (Å²) in [6, 6.07) is 0. The van der Waals surface area contributed by atoms with Gasteiger partial charge in [0.2, 0.25) is 0 Å². The third kappa shape index (κ3) is 7.35. The molecule has 0 N–H and O–H groups in total. The van der Waals surface area contributed by atoms with Crippen molar-refractivity contribution >= 4 is 6.16 Å². The molecule has 0 atom stereocenters. The smallest absolute Gasteiger partial charge is 0.432 e. The van der Waals surface area contributed by atoms with Crippen molar-refractivity contribution in [1.82, 2.24) is 0 Å². The van der Waals surface area contributed by atoms with Crippen molar-refractivity contribution < 1.29 is 67.3 Å². The lowest BCUT2D eigenvalue weighted by Gasteiger charge is -2.22. The Hall–Kier alpha value is -1.54. The van der Waals surface area contributed by atoms with E-state index in [0.717, 1.165) is 0 Å². The zero-order valence-electron chi connectivity index (χ0n) is 11.0. The minimum Gasteiger partial charge on any atom is -0.432 e. The first-order valence-electron chi connectivity index (χ1n) is 5.47. The van der Waals surface area contributed by atoms with Crippen LogP contribution in [0.4, 0.5) is 53.1 Å². The second-order valence-corrected chi connectivity index (χ2v) is 3.93. The first-order chi connectivity index (χ1) is 10.5. The molecule has 0 rings (SSSR count). The van der Waals surface area contributed by atoms with Crippen LogP contribution in [0.2, 0.25) is 0 Å². The van der Waals surface area contributed by atoms with E-state index >= 15 is 0 Å². The van der Waals surface area contributed by atoms with Crippen LogP contribution in [0.25, 0.3) is 0 Å². The Balaban J connectivity index is 4.29. The number of hydrogen-bond acceptors (Lipinski definition) is 4. The molecule has 0 aliphatic heterocycles. The van der Waals surface area contributed by atoms with E-state index in [2.05, 4.69) is 14.2 Å². The highest BCUT2D eigenvalue weighted by Crippen LogP contribution is 2.36. The minimum atomic E-state index is -6.00. The maximum atomic E-state index is 12.3. The van der Waals surface area contributed by atoms with Crippen LogP contribution in [0, 0.1) is 0 Å². The molecule has 0 saturated carbocycles. The molecule has 24 heavy (non-hydrogen) atoms. The fourth-order valence-corrected chi connectivity index (χ4v) is 0.916. The highest BCUT2D eigenvalue weighted by molar-refractivity contribution is 5.60. The summed E-state index contributed by atoms with van der Waals surface area (Å²) in [6.45, 7) is -4.58. The van der Waals surface area contributed by atoms with Gasteiger partial charge in [-0.1, -0.05) is 0 Å². The summed E-state index contributed by atoms with van der Waals surface area (Å²) in [4.78, 5) is 10.6. The number of alkyl halides is 11. The van der Waals surface area contributed by atoms with Crippen molar-refractivity contribution in [2.45, 2.75) is 30.6 Å². The summed E-state index contributed by atoms with van der Waals surface area (Å²) in [7, 11) is 0. The van der Waals surface area contributed by atoms with Gasteiger partial charge in [0.05, 0.1) is 6.61 Å². The number of rotatable bonds is 6. The number of ether oxygens (including phenoxy) is 3. The van der Waals surface area contributed by atoms with Gasteiger partial charge in [-0.25, -0.2) is 4.79 Å². The van der Waals surface area contributed by atoms with Crippen molar-refractivity contribution in [1.29, 1.82) is 0 Å². The van der Waals surface area contributed by atoms with Crippen molar-refractivity contribution in [3.05, 3.63) is 0 Å². The molecule has 0 amide bonds. The van der Waals surface area contributed by atoms with Crippen LogP contribution in [0.15, 0.2) is 0 Å². The van der Waals surface area contributed by atoms with Gasteiger partial charge in [0.15, 0.2) is 0 Å². The number of halogens is 11. The predicted octanol–water partition coefficient (Wildman–Crippen LogP) is 3.85. The van der Waals surface area contributed by atoms with Crippen molar-refractivity contribution in [3.63, 3.8) is 0 Å². The molecule has 0 unspecified atom stereocenters. The van der Waals surface area contributed by atoms with Gasteiger partial charge >= 0.3 is 30.6 Å². The van der Waals surface area contributed by atoms with Gasteiger partial charge in [0, 0.05) is 0 Å². The molecule has 0 bridgehead atoms. The van der Waals surface area contributed by atoms with Crippen LogP contribution >= 0.6 is 0 Å². The second kappa shape index (κ2) is 7.57. The quantitative estimate of drug-likeness (QED) is 0.394. The van der Waals surface area contributed by atoms with Crippen LogP contribution in [-0.2, 0) is 14.2 Å². The van der Waals surface area contributed by atoms with E-state index in [1.165, 1.54) is 0 Å². The summed E-state index contributed by atoms with van der Waals surface area (Å²) in [6.07, 6.45) is -24.9. The first-order valence-corrected chi connectivity index (χ1v) is 5.47. The molecule has 144 valence electrons. The summed E-state index contributed by atoms with van der Waals surface area (Å²) in [5, 5.41) is 0. The third-order valence-corrected chi connectivity index (χ3v) is 1.95. The molecule has 0 saturated heterocycles.